The van der Waals surface area contributed by atoms with Crippen molar-refractivity contribution in [2.75, 3.05) is 0 Å². The third-order valence-corrected chi connectivity index (χ3v) is 7.14. The largest absolute Gasteiger partial charge is 0.478 e. The molecule has 136 valence electrons. The van der Waals surface area contributed by atoms with Crippen molar-refractivity contribution in [3.05, 3.63) is 11.6 Å². The first-order chi connectivity index (χ1) is 11.1. The van der Waals surface area contributed by atoms with Crippen LogP contribution in [0.25, 0.3) is 0 Å². The van der Waals surface area contributed by atoms with E-state index >= 15 is 0 Å². The minimum atomic E-state index is -0.886. The fraction of sp³-hybridized carbons (Fsp3) is 0.800. The van der Waals surface area contributed by atoms with Crippen molar-refractivity contribution in [3.63, 3.8) is 0 Å². The second-order valence-corrected chi connectivity index (χ2v) is 8.63. The number of hydrogen-bond acceptors (Lipinski definition) is 3. The van der Waals surface area contributed by atoms with Gasteiger partial charge in [-0.3, -0.25) is 0 Å². The van der Waals surface area contributed by atoms with E-state index in [0.717, 1.165) is 44.0 Å². The number of rotatable bonds is 5. The van der Waals surface area contributed by atoms with Gasteiger partial charge in [-0.2, -0.15) is 0 Å². The molecule has 2 saturated carbocycles. The number of aldehydes is 1. The molecule has 0 amide bonds. The number of aliphatic carboxylic acids is 1. The van der Waals surface area contributed by atoms with Crippen molar-refractivity contribution in [3.8, 4) is 0 Å². The van der Waals surface area contributed by atoms with Gasteiger partial charge in [-0.05, 0) is 62.2 Å². The predicted molar refractivity (Wildman–Crippen MR) is 93.5 cm³/mol. The summed E-state index contributed by atoms with van der Waals surface area (Å²) in [6.45, 7) is 8.38. The zero-order valence-corrected chi connectivity index (χ0v) is 15.4. The maximum Gasteiger partial charge on any atom is 0.328 e. The second kappa shape index (κ2) is 6.99. The molecule has 0 spiro atoms. The van der Waals surface area contributed by atoms with E-state index in [4.69, 9.17) is 5.11 Å². The third kappa shape index (κ3) is 3.30. The van der Waals surface area contributed by atoms with Crippen molar-refractivity contribution in [2.24, 2.45) is 28.6 Å². The Kier molecular flexibility index (Phi) is 5.58. The van der Waals surface area contributed by atoms with Crippen molar-refractivity contribution >= 4 is 12.3 Å². The van der Waals surface area contributed by atoms with Gasteiger partial charge in [0.25, 0.3) is 0 Å². The molecular weight excluding hydrogens is 304 g/mol. The van der Waals surface area contributed by atoms with E-state index in [-0.39, 0.29) is 11.3 Å². The van der Waals surface area contributed by atoms with Crippen LogP contribution in [0.5, 0.6) is 0 Å². The van der Waals surface area contributed by atoms with Crippen LogP contribution in [0.1, 0.15) is 66.2 Å². The number of aliphatic hydroxyl groups excluding tert-OH is 1. The minimum absolute atomic E-state index is 0.0378. The molecule has 0 heterocycles. The van der Waals surface area contributed by atoms with Crippen LogP contribution in [0.3, 0.4) is 0 Å². The number of carboxylic acid groups (broad SMARTS) is 1. The first-order valence-electron chi connectivity index (χ1n) is 9.19. The van der Waals surface area contributed by atoms with Crippen LogP contribution in [-0.4, -0.2) is 28.6 Å². The van der Waals surface area contributed by atoms with Gasteiger partial charge in [0.05, 0.1) is 11.5 Å². The second-order valence-electron chi connectivity index (χ2n) is 8.63. The highest BCUT2D eigenvalue weighted by molar-refractivity contribution is 5.80. The maximum atomic E-state index is 11.8. The fourth-order valence-electron chi connectivity index (χ4n) is 5.68. The van der Waals surface area contributed by atoms with Crippen LogP contribution < -0.4 is 0 Å². The Labute approximate surface area is 145 Å². The summed E-state index contributed by atoms with van der Waals surface area (Å²) in [5.74, 6) is 0.342. The van der Waals surface area contributed by atoms with Crippen molar-refractivity contribution in [1.82, 2.24) is 0 Å². The van der Waals surface area contributed by atoms with Gasteiger partial charge >= 0.3 is 5.97 Å². The molecule has 0 saturated heterocycles. The zero-order chi connectivity index (χ0) is 18.1. The Morgan fingerprint density at radius 3 is 2.50 bits per heavy atom. The molecule has 24 heavy (non-hydrogen) atoms. The minimum Gasteiger partial charge on any atom is -0.478 e. The van der Waals surface area contributed by atoms with E-state index in [9.17, 15) is 14.7 Å². The third-order valence-electron chi connectivity index (χ3n) is 7.14. The lowest BCUT2D eigenvalue weighted by Crippen LogP contribution is -2.57. The summed E-state index contributed by atoms with van der Waals surface area (Å²) in [5.41, 5.74) is 0.280. The Bertz CT molecular complexity index is 526. The summed E-state index contributed by atoms with van der Waals surface area (Å²) in [6.07, 6.45) is 7.16. The molecule has 0 aromatic carbocycles. The highest BCUT2D eigenvalue weighted by Crippen LogP contribution is 2.61. The maximum absolute atomic E-state index is 11.8. The van der Waals surface area contributed by atoms with E-state index in [2.05, 4.69) is 13.8 Å². The lowest BCUT2D eigenvalue weighted by Gasteiger charge is -2.59. The van der Waals surface area contributed by atoms with Crippen molar-refractivity contribution in [2.45, 2.75) is 72.3 Å². The number of carboxylic acids is 1. The molecule has 2 fully saturated rings. The van der Waals surface area contributed by atoms with Gasteiger partial charge < -0.3 is 15.0 Å². The van der Waals surface area contributed by atoms with Crippen LogP contribution in [-0.2, 0) is 9.59 Å². The van der Waals surface area contributed by atoms with Gasteiger partial charge in [-0.1, -0.05) is 32.8 Å². The first kappa shape index (κ1) is 19.2. The predicted octanol–water partition coefficient (Wildman–Crippen LogP) is 3.83. The number of aliphatic hydroxyl groups is 1. The number of carbonyl (C=O) groups excluding carboxylic acids is 1. The zero-order valence-electron chi connectivity index (χ0n) is 15.4. The molecule has 2 aliphatic carbocycles. The lowest BCUT2D eigenvalue weighted by atomic mass is 9.45. The SMILES string of the molecule is C/C(=C/C(=O)O)CC[C@@H]1[C@H](C)CC[C@@H]2[C@](C)(C=O)[C@@H](O)CC[C@]12C. The average Bonchev–Trinajstić information content (AvgIpc) is 2.50. The summed E-state index contributed by atoms with van der Waals surface area (Å²) in [6, 6.07) is 0. The molecule has 0 aromatic rings. The molecule has 2 rings (SSSR count). The molecule has 2 aliphatic rings. The smallest absolute Gasteiger partial charge is 0.328 e. The van der Waals surface area contributed by atoms with E-state index in [1.165, 1.54) is 6.08 Å². The summed E-state index contributed by atoms with van der Waals surface area (Å²) in [7, 11) is 0. The number of fused-ring (bicyclic) bond motifs is 1. The quantitative estimate of drug-likeness (QED) is 0.591. The number of allylic oxidation sites excluding steroid dienone is 1. The topological polar surface area (TPSA) is 74.6 Å². The molecule has 0 radical (unpaired) electrons. The van der Waals surface area contributed by atoms with Crippen LogP contribution in [0.15, 0.2) is 11.6 Å². The average molecular weight is 336 g/mol. The number of hydrogen-bond donors (Lipinski definition) is 2. The number of carbonyl (C=O) groups is 2. The highest BCUT2D eigenvalue weighted by atomic mass is 16.4. The summed E-state index contributed by atoms with van der Waals surface area (Å²) >= 11 is 0. The molecule has 4 heteroatoms. The summed E-state index contributed by atoms with van der Waals surface area (Å²) < 4.78 is 0. The molecule has 2 N–H and O–H groups in total. The Balaban J connectivity index is 2.24. The van der Waals surface area contributed by atoms with Crippen LogP contribution >= 0.6 is 0 Å². The van der Waals surface area contributed by atoms with Gasteiger partial charge in [-0.25, -0.2) is 4.79 Å². The first-order valence-corrected chi connectivity index (χ1v) is 9.19. The van der Waals surface area contributed by atoms with E-state index in [1.807, 2.05) is 13.8 Å². The Hall–Kier alpha value is -1.16. The molecule has 6 atom stereocenters. The molecule has 0 aliphatic heterocycles. The van der Waals surface area contributed by atoms with Crippen molar-refractivity contribution < 1.29 is 19.8 Å². The van der Waals surface area contributed by atoms with Crippen LogP contribution in [0.2, 0.25) is 0 Å². The summed E-state index contributed by atoms with van der Waals surface area (Å²) in [4.78, 5) is 22.7. The molecular formula is C20H32O4. The van der Waals surface area contributed by atoms with Gasteiger partial charge in [0.2, 0.25) is 0 Å². The lowest BCUT2D eigenvalue weighted by molar-refractivity contribution is -0.164. The molecule has 0 unspecified atom stereocenters. The van der Waals surface area contributed by atoms with Gasteiger partial charge in [0.1, 0.15) is 6.29 Å². The van der Waals surface area contributed by atoms with E-state index < -0.39 is 17.5 Å². The Morgan fingerprint density at radius 2 is 1.92 bits per heavy atom. The fourth-order valence-corrected chi connectivity index (χ4v) is 5.68. The van der Waals surface area contributed by atoms with Gasteiger partial charge in [0.15, 0.2) is 0 Å². The standard InChI is InChI=1S/C20H32O4/c1-13(11-18(23)24)5-7-15-14(2)6-8-16-19(15,3)10-9-17(22)20(16,4)12-21/h11-12,14-17,22H,5-10H2,1-4H3,(H,23,24)/b13-11-/t14-,15-,16+,17+,19-,20+/m1/s1. The normalized spacial score (nSPS) is 43.1. The molecule has 0 bridgehead atoms. The van der Waals surface area contributed by atoms with E-state index in [1.54, 1.807) is 0 Å². The van der Waals surface area contributed by atoms with Gasteiger partial charge in [-0.15, -0.1) is 0 Å². The summed E-state index contributed by atoms with van der Waals surface area (Å²) in [5, 5.41) is 19.3. The highest BCUT2D eigenvalue weighted by Gasteiger charge is 2.58. The van der Waals surface area contributed by atoms with E-state index in [0.29, 0.717) is 18.3 Å². The van der Waals surface area contributed by atoms with Crippen LogP contribution in [0, 0.1) is 28.6 Å². The van der Waals surface area contributed by atoms with Gasteiger partial charge in [0, 0.05) is 6.08 Å². The monoisotopic (exact) mass is 336 g/mol. The molecule has 0 aromatic heterocycles. The Morgan fingerprint density at radius 1 is 1.25 bits per heavy atom. The molecule has 4 nitrogen and oxygen atoms in total. The van der Waals surface area contributed by atoms with Crippen LogP contribution in [0.4, 0.5) is 0 Å². The van der Waals surface area contributed by atoms with Crippen molar-refractivity contribution in [1.29, 1.82) is 0 Å².